The number of carbonyl (C=O) groups is 1. The SMILES string of the molecule is CSCC(C)(C)C(=O)Nc1cccn(CCS(C)(=O)=O)c1=O. The molecule has 0 saturated carbocycles. The number of anilines is 1. The van der Waals surface area contributed by atoms with E-state index in [-0.39, 0.29) is 23.9 Å². The van der Waals surface area contributed by atoms with Crippen LogP contribution in [0.3, 0.4) is 0 Å². The summed E-state index contributed by atoms with van der Waals surface area (Å²) in [6.45, 7) is 3.68. The summed E-state index contributed by atoms with van der Waals surface area (Å²) in [4.78, 5) is 24.5. The van der Waals surface area contributed by atoms with Crippen LogP contribution in [-0.2, 0) is 21.2 Å². The first kappa shape index (κ1) is 18.8. The van der Waals surface area contributed by atoms with Gasteiger partial charge in [-0.2, -0.15) is 11.8 Å². The minimum Gasteiger partial charge on any atom is -0.321 e. The number of aryl methyl sites for hydroxylation is 1. The predicted molar refractivity (Wildman–Crippen MR) is 91.2 cm³/mol. The van der Waals surface area contributed by atoms with E-state index in [2.05, 4.69) is 5.32 Å². The minimum absolute atomic E-state index is 0.0651. The Morgan fingerprint density at radius 1 is 1.41 bits per heavy atom. The predicted octanol–water partition coefficient (Wildman–Crippen LogP) is 1.22. The number of thioether (sulfide) groups is 1. The lowest BCUT2D eigenvalue weighted by atomic mass is 9.95. The molecule has 0 aliphatic carbocycles. The number of sulfone groups is 1. The van der Waals surface area contributed by atoms with Crippen LogP contribution in [0.25, 0.3) is 0 Å². The number of amides is 1. The maximum absolute atomic E-state index is 12.3. The van der Waals surface area contributed by atoms with E-state index in [4.69, 9.17) is 0 Å². The summed E-state index contributed by atoms with van der Waals surface area (Å²) in [5, 5.41) is 2.64. The van der Waals surface area contributed by atoms with Crippen LogP contribution in [-0.4, -0.2) is 42.9 Å². The lowest BCUT2D eigenvalue weighted by Crippen LogP contribution is -2.35. The van der Waals surface area contributed by atoms with E-state index in [1.54, 1.807) is 17.8 Å². The molecule has 124 valence electrons. The highest BCUT2D eigenvalue weighted by Crippen LogP contribution is 2.21. The third-order valence-electron chi connectivity index (χ3n) is 3.09. The van der Waals surface area contributed by atoms with Crippen LogP contribution in [0, 0.1) is 5.41 Å². The average Bonchev–Trinajstić information content (AvgIpc) is 2.38. The van der Waals surface area contributed by atoms with Gasteiger partial charge in [0.15, 0.2) is 0 Å². The molecule has 0 spiro atoms. The van der Waals surface area contributed by atoms with Crippen LogP contribution in [0.1, 0.15) is 13.8 Å². The molecular weight excluding hydrogens is 324 g/mol. The van der Waals surface area contributed by atoms with Crippen molar-refractivity contribution in [3.63, 3.8) is 0 Å². The molecule has 0 radical (unpaired) electrons. The van der Waals surface area contributed by atoms with Gasteiger partial charge in [-0.05, 0) is 18.4 Å². The maximum Gasteiger partial charge on any atom is 0.274 e. The summed E-state index contributed by atoms with van der Waals surface area (Å²) in [6, 6.07) is 3.13. The Morgan fingerprint density at radius 2 is 2.05 bits per heavy atom. The van der Waals surface area contributed by atoms with Crippen molar-refractivity contribution in [3.8, 4) is 0 Å². The highest BCUT2D eigenvalue weighted by molar-refractivity contribution is 7.98. The fraction of sp³-hybridized carbons (Fsp3) is 0.571. The Labute approximate surface area is 135 Å². The summed E-state index contributed by atoms with van der Waals surface area (Å²) in [7, 11) is -3.16. The van der Waals surface area contributed by atoms with Gasteiger partial charge >= 0.3 is 0 Å². The van der Waals surface area contributed by atoms with Gasteiger partial charge in [-0.15, -0.1) is 0 Å². The molecule has 1 heterocycles. The van der Waals surface area contributed by atoms with Gasteiger partial charge in [-0.3, -0.25) is 9.59 Å². The first-order valence-electron chi connectivity index (χ1n) is 6.74. The maximum atomic E-state index is 12.3. The van der Waals surface area contributed by atoms with Gasteiger partial charge in [0, 0.05) is 24.8 Å². The van der Waals surface area contributed by atoms with E-state index < -0.39 is 20.8 Å². The van der Waals surface area contributed by atoms with Gasteiger partial charge in [-0.1, -0.05) is 13.8 Å². The Hall–Kier alpha value is -1.28. The third-order valence-corrected chi connectivity index (χ3v) is 5.03. The molecule has 0 aromatic carbocycles. The second-order valence-electron chi connectivity index (χ2n) is 5.82. The first-order chi connectivity index (χ1) is 10.1. The normalized spacial score (nSPS) is 12.2. The van der Waals surface area contributed by atoms with Crippen LogP contribution in [0.4, 0.5) is 5.69 Å². The summed E-state index contributed by atoms with van der Waals surface area (Å²) in [6.07, 6.45) is 4.54. The van der Waals surface area contributed by atoms with Crippen molar-refractivity contribution >= 4 is 33.2 Å². The van der Waals surface area contributed by atoms with Crippen LogP contribution >= 0.6 is 11.8 Å². The monoisotopic (exact) mass is 346 g/mol. The van der Waals surface area contributed by atoms with Crippen molar-refractivity contribution in [1.29, 1.82) is 0 Å². The number of nitrogens with zero attached hydrogens (tertiary/aromatic N) is 1. The number of pyridine rings is 1. The number of hydrogen-bond donors (Lipinski definition) is 1. The molecule has 0 unspecified atom stereocenters. The first-order valence-corrected chi connectivity index (χ1v) is 10.2. The summed E-state index contributed by atoms with van der Waals surface area (Å²) >= 11 is 1.55. The van der Waals surface area contributed by atoms with E-state index in [0.717, 1.165) is 6.26 Å². The molecule has 0 bridgehead atoms. The molecule has 1 rings (SSSR count). The molecule has 1 aromatic rings. The Morgan fingerprint density at radius 3 is 2.59 bits per heavy atom. The molecule has 6 nitrogen and oxygen atoms in total. The smallest absolute Gasteiger partial charge is 0.274 e. The highest BCUT2D eigenvalue weighted by Gasteiger charge is 2.27. The Balaban J connectivity index is 2.94. The number of nitrogens with one attached hydrogen (secondary N) is 1. The number of aromatic nitrogens is 1. The van der Waals surface area contributed by atoms with Gasteiger partial charge in [0.05, 0.1) is 11.2 Å². The van der Waals surface area contributed by atoms with Crippen LogP contribution in [0.15, 0.2) is 23.1 Å². The molecule has 1 N–H and O–H groups in total. The second kappa shape index (κ2) is 7.32. The average molecular weight is 346 g/mol. The zero-order chi connectivity index (χ0) is 17.0. The van der Waals surface area contributed by atoms with Crippen molar-refractivity contribution in [2.75, 3.05) is 29.3 Å². The van der Waals surface area contributed by atoms with Crippen molar-refractivity contribution in [3.05, 3.63) is 28.7 Å². The van der Waals surface area contributed by atoms with Gasteiger partial charge in [0.1, 0.15) is 15.5 Å². The Kier molecular flexibility index (Phi) is 6.25. The van der Waals surface area contributed by atoms with E-state index in [1.807, 2.05) is 20.1 Å². The summed E-state index contributed by atoms with van der Waals surface area (Å²) < 4.78 is 23.7. The van der Waals surface area contributed by atoms with E-state index in [9.17, 15) is 18.0 Å². The molecule has 0 fully saturated rings. The van der Waals surface area contributed by atoms with Gasteiger partial charge in [-0.25, -0.2) is 8.42 Å². The lowest BCUT2D eigenvalue weighted by Gasteiger charge is -2.22. The number of hydrogen-bond acceptors (Lipinski definition) is 5. The molecule has 0 atom stereocenters. The summed E-state index contributed by atoms with van der Waals surface area (Å²) in [5.41, 5.74) is -0.839. The number of carbonyl (C=O) groups excluding carboxylic acids is 1. The molecule has 8 heteroatoms. The van der Waals surface area contributed by atoms with Crippen LogP contribution in [0.5, 0.6) is 0 Å². The van der Waals surface area contributed by atoms with Crippen molar-refractivity contribution < 1.29 is 13.2 Å². The second-order valence-corrected chi connectivity index (χ2v) is 8.95. The van der Waals surface area contributed by atoms with Gasteiger partial charge < -0.3 is 9.88 Å². The summed E-state index contributed by atoms with van der Waals surface area (Å²) in [5.74, 6) is 0.274. The fourth-order valence-electron chi connectivity index (χ4n) is 1.79. The van der Waals surface area contributed by atoms with Crippen molar-refractivity contribution in [2.45, 2.75) is 20.4 Å². The molecule has 1 aromatic heterocycles. The fourth-order valence-corrected chi connectivity index (χ4v) is 3.17. The largest absolute Gasteiger partial charge is 0.321 e. The van der Waals surface area contributed by atoms with Crippen molar-refractivity contribution in [2.24, 2.45) is 5.41 Å². The quantitative estimate of drug-likeness (QED) is 0.802. The van der Waals surface area contributed by atoms with E-state index >= 15 is 0 Å². The molecule has 22 heavy (non-hydrogen) atoms. The van der Waals surface area contributed by atoms with Gasteiger partial charge in [0.25, 0.3) is 5.56 Å². The van der Waals surface area contributed by atoms with Gasteiger partial charge in [0.2, 0.25) is 5.91 Å². The molecule has 0 aliphatic rings. The molecule has 0 saturated heterocycles. The van der Waals surface area contributed by atoms with Crippen LogP contribution in [0.2, 0.25) is 0 Å². The van der Waals surface area contributed by atoms with Crippen molar-refractivity contribution in [1.82, 2.24) is 4.57 Å². The zero-order valence-corrected chi connectivity index (χ0v) is 14.9. The lowest BCUT2D eigenvalue weighted by molar-refractivity contribution is -0.122. The number of rotatable bonds is 7. The zero-order valence-electron chi connectivity index (χ0n) is 13.3. The molecular formula is C14H22N2O4S2. The van der Waals surface area contributed by atoms with E-state index in [0.29, 0.717) is 5.75 Å². The van der Waals surface area contributed by atoms with E-state index in [1.165, 1.54) is 16.8 Å². The highest BCUT2D eigenvalue weighted by atomic mass is 32.2. The topological polar surface area (TPSA) is 85.2 Å². The molecule has 1 amide bonds. The van der Waals surface area contributed by atoms with Crippen LogP contribution < -0.4 is 10.9 Å². The standard InChI is InChI=1S/C14H22N2O4S2/c1-14(2,10-21-3)13(18)15-11-6-5-7-16(12(11)17)8-9-22(4,19)20/h5-7H,8-10H2,1-4H3,(H,15,18). The molecule has 0 aliphatic heterocycles. The minimum atomic E-state index is -3.16. The Bertz CT molecular complexity index is 693. The third kappa shape index (κ3) is 5.49.